The van der Waals surface area contributed by atoms with Crippen LogP contribution < -0.4 is 20.4 Å². The maximum Gasteiger partial charge on any atom is 0.282 e. The molecule has 1 aliphatic rings. The first-order valence-corrected chi connectivity index (χ1v) is 8.59. The summed E-state index contributed by atoms with van der Waals surface area (Å²) in [6.07, 6.45) is 0.243. The SMILES string of the molecule is CC(C)NC(=O)C[NH+](C)CC(=O)N1c2ccccc2NC(=O)C[C@@H]1C. The van der Waals surface area contributed by atoms with Gasteiger partial charge in [0.05, 0.1) is 18.4 Å². The highest BCUT2D eigenvalue weighted by Gasteiger charge is 2.31. The second kappa shape index (κ2) is 8.11. The molecule has 0 fully saturated rings. The van der Waals surface area contributed by atoms with Gasteiger partial charge < -0.3 is 20.4 Å². The Kier molecular flexibility index (Phi) is 6.14. The first-order chi connectivity index (χ1) is 11.8. The lowest BCUT2D eigenvalue weighted by atomic mass is 10.1. The predicted octanol–water partition coefficient (Wildman–Crippen LogP) is -0.210. The number of fused-ring (bicyclic) bond motifs is 1. The molecule has 0 saturated carbocycles. The normalized spacial score (nSPS) is 18.2. The van der Waals surface area contributed by atoms with Crippen molar-refractivity contribution in [3.63, 3.8) is 0 Å². The van der Waals surface area contributed by atoms with Gasteiger partial charge in [0.1, 0.15) is 0 Å². The molecular formula is C18H27N4O3+. The summed E-state index contributed by atoms with van der Waals surface area (Å²) in [5.74, 6) is -0.292. The van der Waals surface area contributed by atoms with Crippen LogP contribution in [-0.4, -0.2) is 49.9 Å². The first kappa shape index (κ1) is 18.9. The minimum atomic E-state index is -0.242. The van der Waals surface area contributed by atoms with Crippen molar-refractivity contribution in [3.8, 4) is 0 Å². The third-order valence-corrected chi connectivity index (χ3v) is 3.99. The molecule has 0 spiro atoms. The molecule has 2 rings (SSSR count). The van der Waals surface area contributed by atoms with E-state index >= 15 is 0 Å². The summed E-state index contributed by atoms with van der Waals surface area (Å²) in [5.41, 5.74) is 1.34. The Bertz CT molecular complexity index is 659. The Hall–Kier alpha value is -2.41. The molecule has 3 N–H and O–H groups in total. The van der Waals surface area contributed by atoms with Crippen LogP contribution in [0.2, 0.25) is 0 Å². The van der Waals surface area contributed by atoms with Gasteiger partial charge in [-0.05, 0) is 32.9 Å². The highest BCUT2D eigenvalue weighted by Crippen LogP contribution is 2.30. The summed E-state index contributed by atoms with van der Waals surface area (Å²) in [6.45, 7) is 6.07. The number of benzene rings is 1. The van der Waals surface area contributed by atoms with E-state index in [4.69, 9.17) is 0 Å². The van der Waals surface area contributed by atoms with Crippen LogP contribution >= 0.6 is 0 Å². The zero-order valence-electron chi connectivity index (χ0n) is 15.3. The minimum absolute atomic E-state index is 0.0746. The molecule has 3 amide bonds. The topological polar surface area (TPSA) is 82.9 Å². The lowest BCUT2D eigenvalue weighted by molar-refractivity contribution is -0.862. The van der Waals surface area contributed by atoms with Crippen molar-refractivity contribution >= 4 is 29.1 Å². The van der Waals surface area contributed by atoms with Gasteiger partial charge >= 0.3 is 0 Å². The molecule has 1 heterocycles. The molecule has 1 unspecified atom stereocenters. The monoisotopic (exact) mass is 347 g/mol. The van der Waals surface area contributed by atoms with Crippen LogP contribution in [0.5, 0.6) is 0 Å². The molecule has 136 valence electrons. The van der Waals surface area contributed by atoms with E-state index in [0.29, 0.717) is 11.4 Å². The van der Waals surface area contributed by atoms with Crippen molar-refractivity contribution in [2.24, 2.45) is 0 Å². The number of nitrogens with zero attached hydrogens (tertiary/aromatic N) is 1. The molecule has 0 radical (unpaired) electrons. The van der Waals surface area contributed by atoms with Gasteiger partial charge in [-0.1, -0.05) is 12.1 Å². The number of quaternary nitrogens is 1. The third kappa shape index (κ3) is 5.03. The van der Waals surface area contributed by atoms with Gasteiger partial charge in [0.25, 0.3) is 11.8 Å². The number of carbonyl (C=O) groups excluding carboxylic acids is 3. The number of hydrogen-bond acceptors (Lipinski definition) is 3. The van der Waals surface area contributed by atoms with Gasteiger partial charge in [0.2, 0.25) is 5.91 Å². The number of anilines is 2. The molecular weight excluding hydrogens is 320 g/mol. The number of hydrogen-bond donors (Lipinski definition) is 3. The summed E-state index contributed by atoms with van der Waals surface area (Å²) in [6, 6.07) is 7.12. The minimum Gasteiger partial charge on any atom is -0.349 e. The van der Waals surface area contributed by atoms with E-state index in [2.05, 4.69) is 10.6 Å². The quantitative estimate of drug-likeness (QED) is 0.689. The molecule has 1 aliphatic heterocycles. The lowest BCUT2D eigenvalue weighted by Gasteiger charge is -2.28. The Balaban J connectivity index is 2.12. The molecule has 2 atom stereocenters. The summed E-state index contributed by atoms with van der Waals surface area (Å²) < 4.78 is 0. The van der Waals surface area contributed by atoms with Crippen molar-refractivity contribution in [3.05, 3.63) is 24.3 Å². The molecule has 0 bridgehead atoms. The molecule has 0 aliphatic carbocycles. The van der Waals surface area contributed by atoms with Crippen molar-refractivity contribution in [2.45, 2.75) is 39.3 Å². The molecule has 7 nitrogen and oxygen atoms in total. The number of amides is 3. The van der Waals surface area contributed by atoms with Crippen LogP contribution in [0.1, 0.15) is 27.2 Å². The smallest absolute Gasteiger partial charge is 0.282 e. The molecule has 0 aromatic heterocycles. The van der Waals surface area contributed by atoms with Gasteiger partial charge in [0, 0.05) is 18.5 Å². The Morgan fingerprint density at radius 3 is 2.68 bits per heavy atom. The zero-order valence-corrected chi connectivity index (χ0v) is 15.3. The van der Waals surface area contributed by atoms with E-state index in [1.807, 2.05) is 46.0 Å². The highest BCUT2D eigenvalue weighted by molar-refractivity contribution is 6.04. The van der Waals surface area contributed by atoms with E-state index in [9.17, 15) is 14.4 Å². The van der Waals surface area contributed by atoms with Crippen LogP contribution in [0.15, 0.2) is 24.3 Å². The van der Waals surface area contributed by atoms with E-state index in [1.54, 1.807) is 11.0 Å². The van der Waals surface area contributed by atoms with Crippen LogP contribution in [0.3, 0.4) is 0 Å². The van der Waals surface area contributed by atoms with Crippen molar-refractivity contribution in [1.82, 2.24) is 5.32 Å². The van der Waals surface area contributed by atoms with E-state index < -0.39 is 0 Å². The van der Waals surface area contributed by atoms with E-state index in [0.717, 1.165) is 4.90 Å². The highest BCUT2D eigenvalue weighted by atomic mass is 16.2. The molecule has 1 aromatic carbocycles. The summed E-state index contributed by atoms with van der Waals surface area (Å²) in [7, 11) is 1.82. The molecule has 0 saturated heterocycles. The fourth-order valence-corrected chi connectivity index (χ4v) is 3.02. The zero-order chi connectivity index (χ0) is 18.6. The van der Waals surface area contributed by atoms with Gasteiger partial charge in [-0.15, -0.1) is 0 Å². The van der Waals surface area contributed by atoms with Crippen molar-refractivity contribution in [2.75, 3.05) is 30.4 Å². The Morgan fingerprint density at radius 2 is 2.00 bits per heavy atom. The second-order valence-corrected chi connectivity index (χ2v) is 6.92. The predicted molar refractivity (Wildman–Crippen MR) is 96.5 cm³/mol. The fraction of sp³-hybridized carbons (Fsp3) is 0.500. The molecule has 25 heavy (non-hydrogen) atoms. The third-order valence-electron chi connectivity index (χ3n) is 3.99. The molecule has 1 aromatic rings. The Labute approximate surface area is 148 Å². The van der Waals surface area contributed by atoms with Gasteiger partial charge in [-0.2, -0.15) is 0 Å². The Morgan fingerprint density at radius 1 is 1.32 bits per heavy atom. The number of nitrogens with one attached hydrogen (secondary N) is 3. The van der Waals surface area contributed by atoms with E-state index in [-0.39, 0.29) is 49.3 Å². The molecule has 7 heteroatoms. The average Bonchev–Trinajstić information content (AvgIpc) is 2.59. The van der Waals surface area contributed by atoms with Gasteiger partial charge in [0.15, 0.2) is 13.1 Å². The summed E-state index contributed by atoms with van der Waals surface area (Å²) in [4.78, 5) is 39.2. The summed E-state index contributed by atoms with van der Waals surface area (Å²) >= 11 is 0. The van der Waals surface area contributed by atoms with Crippen molar-refractivity contribution in [1.29, 1.82) is 0 Å². The maximum absolute atomic E-state index is 12.9. The second-order valence-electron chi connectivity index (χ2n) is 6.92. The van der Waals surface area contributed by atoms with Gasteiger partial charge in [-0.25, -0.2) is 0 Å². The number of para-hydroxylation sites is 2. The maximum atomic E-state index is 12.9. The number of rotatable bonds is 5. The number of carbonyl (C=O) groups is 3. The number of likely N-dealkylation sites (N-methyl/N-ethyl adjacent to an activating group) is 1. The first-order valence-electron chi connectivity index (χ1n) is 8.59. The average molecular weight is 347 g/mol. The van der Waals surface area contributed by atoms with E-state index in [1.165, 1.54) is 0 Å². The fourth-order valence-electron chi connectivity index (χ4n) is 3.02. The van der Waals surface area contributed by atoms with Crippen molar-refractivity contribution < 1.29 is 19.3 Å². The standard InChI is InChI=1S/C18H26N4O3/c1-12(2)19-17(24)10-21(4)11-18(25)22-13(3)9-16(23)20-14-7-5-6-8-15(14)22/h5-8,12-13H,9-11H2,1-4H3,(H,19,24)(H,20,23)/p+1/t13-/m0/s1. The van der Waals surface area contributed by atoms with Crippen LogP contribution in [-0.2, 0) is 14.4 Å². The largest absolute Gasteiger partial charge is 0.349 e. The van der Waals surface area contributed by atoms with Crippen LogP contribution in [0.4, 0.5) is 11.4 Å². The van der Waals surface area contributed by atoms with Gasteiger partial charge in [-0.3, -0.25) is 14.4 Å². The summed E-state index contributed by atoms with van der Waals surface area (Å²) in [5, 5.41) is 5.67. The van der Waals surface area contributed by atoms with Crippen LogP contribution in [0, 0.1) is 0 Å². The van der Waals surface area contributed by atoms with Crippen LogP contribution in [0.25, 0.3) is 0 Å². The lowest BCUT2D eigenvalue weighted by Crippen LogP contribution is -3.11.